The summed E-state index contributed by atoms with van der Waals surface area (Å²) in [6.45, 7) is 0. The molecule has 1 aliphatic rings. The first-order valence-electron chi connectivity index (χ1n) is 4.45. The molecule has 0 heterocycles. The summed E-state index contributed by atoms with van der Waals surface area (Å²) in [5.74, 6) is 0.0289. The summed E-state index contributed by atoms with van der Waals surface area (Å²) in [4.78, 5) is 0. The second-order valence-corrected chi connectivity index (χ2v) is 3.44. The molecule has 0 bridgehead atoms. The molecule has 13 heavy (non-hydrogen) atoms. The predicted molar refractivity (Wildman–Crippen MR) is 49.1 cm³/mol. The van der Waals surface area contributed by atoms with Gasteiger partial charge >= 0.3 is 0 Å². The Bertz CT molecular complexity index is 353. The Balaban J connectivity index is 2.36. The number of nitrogens with zero attached hydrogens (tertiary/aromatic N) is 1. The lowest BCUT2D eigenvalue weighted by atomic mass is 9.97. The van der Waals surface area contributed by atoms with E-state index >= 15 is 0 Å². The highest BCUT2D eigenvalue weighted by Gasteiger charge is 2.29. The number of nitriles is 1. The molecule has 0 saturated heterocycles. The van der Waals surface area contributed by atoms with Crippen LogP contribution in [-0.4, -0.2) is 11.2 Å². The minimum atomic E-state index is -0.364. The average molecular weight is 173 g/mol. The van der Waals surface area contributed by atoms with E-state index in [2.05, 4.69) is 6.07 Å². The first kappa shape index (κ1) is 8.28. The summed E-state index contributed by atoms with van der Waals surface area (Å²) >= 11 is 0. The van der Waals surface area contributed by atoms with Gasteiger partial charge in [-0.25, -0.2) is 0 Å². The summed E-state index contributed by atoms with van der Waals surface area (Å²) in [6, 6.07) is 10.1. The molecular weight excluding hydrogens is 162 g/mol. The lowest BCUT2D eigenvalue weighted by molar-refractivity contribution is 0.158. The summed E-state index contributed by atoms with van der Waals surface area (Å²) < 4.78 is 0. The molecular formula is C11H11NO. The van der Waals surface area contributed by atoms with Gasteiger partial charge in [-0.1, -0.05) is 24.3 Å². The van der Waals surface area contributed by atoms with Crippen LogP contribution in [0, 0.1) is 11.3 Å². The number of benzene rings is 1. The molecule has 2 heteroatoms. The molecule has 1 aromatic carbocycles. The number of hydrogen-bond donors (Lipinski definition) is 1. The second kappa shape index (κ2) is 3.20. The molecule has 66 valence electrons. The first-order valence-corrected chi connectivity index (χ1v) is 4.45. The SMILES string of the molecule is N#CCC1c2ccccc2CC1O. The molecule has 1 aliphatic carbocycles. The van der Waals surface area contributed by atoms with Gasteiger partial charge in [-0.2, -0.15) is 5.26 Å². The Kier molecular flexibility index (Phi) is 2.03. The van der Waals surface area contributed by atoms with Crippen LogP contribution in [0.15, 0.2) is 24.3 Å². The van der Waals surface area contributed by atoms with Crippen LogP contribution in [0.5, 0.6) is 0 Å². The van der Waals surface area contributed by atoms with E-state index in [1.54, 1.807) is 0 Å². The summed E-state index contributed by atoms with van der Waals surface area (Å²) in [7, 11) is 0. The zero-order chi connectivity index (χ0) is 9.26. The van der Waals surface area contributed by atoms with Crippen LogP contribution in [0.3, 0.4) is 0 Å². The highest BCUT2D eigenvalue weighted by Crippen LogP contribution is 2.35. The van der Waals surface area contributed by atoms with Gasteiger partial charge < -0.3 is 5.11 Å². The molecule has 0 radical (unpaired) electrons. The van der Waals surface area contributed by atoms with Crippen molar-refractivity contribution in [3.63, 3.8) is 0 Å². The van der Waals surface area contributed by atoms with E-state index in [1.165, 1.54) is 5.56 Å². The van der Waals surface area contributed by atoms with Crippen molar-refractivity contribution in [2.75, 3.05) is 0 Å². The molecule has 2 rings (SSSR count). The van der Waals surface area contributed by atoms with Crippen molar-refractivity contribution in [1.29, 1.82) is 5.26 Å². The predicted octanol–water partition coefficient (Wildman–Crippen LogP) is 1.60. The zero-order valence-corrected chi connectivity index (χ0v) is 7.27. The topological polar surface area (TPSA) is 44.0 Å². The molecule has 1 N–H and O–H groups in total. The maximum absolute atomic E-state index is 9.69. The van der Waals surface area contributed by atoms with Gasteiger partial charge in [-0.05, 0) is 17.5 Å². The van der Waals surface area contributed by atoms with Crippen molar-refractivity contribution in [3.05, 3.63) is 35.4 Å². The van der Waals surface area contributed by atoms with Crippen LogP contribution in [0.4, 0.5) is 0 Å². The van der Waals surface area contributed by atoms with Gasteiger partial charge in [0.05, 0.1) is 12.2 Å². The van der Waals surface area contributed by atoms with Crippen LogP contribution in [0.2, 0.25) is 0 Å². The average Bonchev–Trinajstić information content (AvgIpc) is 2.44. The second-order valence-electron chi connectivity index (χ2n) is 3.44. The number of fused-ring (bicyclic) bond motifs is 1. The molecule has 0 amide bonds. The maximum atomic E-state index is 9.69. The van der Waals surface area contributed by atoms with Crippen LogP contribution < -0.4 is 0 Å². The van der Waals surface area contributed by atoms with Crippen molar-refractivity contribution < 1.29 is 5.11 Å². The normalized spacial score (nSPS) is 25.2. The Morgan fingerprint density at radius 1 is 1.46 bits per heavy atom. The van der Waals surface area contributed by atoms with Crippen LogP contribution >= 0.6 is 0 Å². The van der Waals surface area contributed by atoms with E-state index in [9.17, 15) is 5.11 Å². The molecule has 1 aromatic rings. The lowest BCUT2D eigenvalue weighted by Gasteiger charge is -2.10. The quantitative estimate of drug-likeness (QED) is 0.701. The van der Waals surface area contributed by atoms with Crippen molar-refractivity contribution in [1.82, 2.24) is 0 Å². The molecule has 0 fully saturated rings. The highest BCUT2D eigenvalue weighted by atomic mass is 16.3. The Morgan fingerprint density at radius 3 is 3.00 bits per heavy atom. The molecule has 0 aromatic heterocycles. The number of rotatable bonds is 1. The zero-order valence-electron chi connectivity index (χ0n) is 7.27. The maximum Gasteiger partial charge on any atom is 0.0659 e. The first-order chi connectivity index (χ1) is 6.33. The van der Waals surface area contributed by atoms with Crippen LogP contribution in [0.1, 0.15) is 23.5 Å². The van der Waals surface area contributed by atoms with E-state index in [0.29, 0.717) is 12.8 Å². The number of aliphatic hydroxyl groups excluding tert-OH is 1. The third kappa shape index (κ3) is 1.32. The van der Waals surface area contributed by atoms with Crippen LogP contribution in [0.25, 0.3) is 0 Å². The standard InChI is InChI=1S/C11H11NO/c12-6-5-10-9-4-2-1-3-8(9)7-11(10)13/h1-4,10-11,13H,5,7H2. The Morgan fingerprint density at radius 2 is 2.23 bits per heavy atom. The third-order valence-corrected chi connectivity index (χ3v) is 2.66. The van der Waals surface area contributed by atoms with Crippen molar-refractivity contribution in [2.45, 2.75) is 24.9 Å². The van der Waals surface area contributed by atoms with E-state index in [4.69, 9.17) is 5.26 Å². The fourth-order valence-electron chi connectivity index (χ4n) is 2.00. The summed E-state index contributed by atoms with van der Waals surface area (Å²) in [5.41, 5.74) is 2.34. The summed E-state index contributed by atoms with van der Waals surface area (Å²) in [6.07, 6.45) is 0.748. The largest absolute Gasteiger partial charge is 0.392 e. The minimum Gasteiger partial charge on any atom is -0.392 e. The highest BCUT2D eigenvalue weighted by molar-refractivity contribution is 5.37. The van der Waals surface area contributed by atoms with Crippen molar-refractivity contribution >= 4 is 0 Å². The van der Waals surface area contributed by atoms with E-state index in [0.717, 1.165) is 5.56 Å². The Hall–Kier alpha value is -1.33. The monoisotopic (exact) mass is 173 g/mol. The van der Waals surface area contributed by atoms with E-state index < -0.39 is 0 Å². The van der Waals surface area contributed by atoms with Crippen molar-refractivity contribution in [2.24, 2.45) is 0 Å². The van der Waals surface area contributed by atoms with Gasteiger partial charge in [0.25, 0.3) is 0 Å². The summed E-state index contributed by atoms with van der Waals surface area (Å²) in [5, 5.41) is 18.3. The van der Waals surface area contributed by atoms with Gasteiger partial charge in [-0.3, -0.25) is 0 Å². The molecule has 2 unspecified atom stereocenters. The van der Waals surface area contributed by atoms with Crippen molar-refractivity contribution in [3.8, 4) is 6.07 Å². The smallest absolute Gasteiger partial charge is 0.0659 e. The molecule has 0 saturated carbocycles. The van der Waals surface area contributed by atoms with Gasteiger partial charge in [-0.15, -0.1) is 0 Å². The molecule has 2 atom stereocenters. The number of aliphatic hydroxyl groups is 1. The fourth-order valence-corrected chi connectivity index (χ4v) is 2.00. The van der Waals surface area contributed by atoms with Gasteiger partial charge in [0.15, 0.2) is 0 Å². The molecule has 0 aliphatic heterocycles. The van der Waals surface area contributed by atoms with Crippen LogP contribution in [-0.2, 0) is 6.42 Å². The Labute approximate surface area is 77.4 Å². The molecule has 2 nitrogen and oxygen atoms in total. The lowest BCUT2D eigenvalue weighted by Crippen LogP contribution is -2.12. The van der Waals surface area contributed by atoms with E-state index in [1.807, 2.05) is 24.3 Å². The van der Waals surface area contributed by atoms with Gasteiger partial charge in [0, 0.05) is 12.3 Å². The number of hydrogen-bond acceptors (Lipinski definition) is 2. The fraction of sp³-hybridized carbons (Fsp3) is 0.364. The van der Waals surface area contributed by atoms with Gasteiger partial charge in [0.2, 0.25) is 0 Å². The third-order valence-electron chi connectivity index (χ3n) is 2.66. The van der Waals surface area contributed by atoms with Gasteiger partial charge in [0.1, 0.15) is 0 Å². The van der Waals surface area contributed by atoms with E-state index in [-0.39, 0.29) is 12.0 Å². The molecule has 0 spiro atoms. The minimum absolute atomic E-state index is 0.0289.